The molecule has 14 heavy (non-hydrogen) atoms. The molecule has 1 aliphatic carbocycles. The lowest BCUT2D eigenvalue weighted by molar-refractivity contribution is 0.0708. The van der Waals surface area contributed by atoms with Gasteiger partial charge in [0, 0.05) is 11.3 Å². The summed E-state index contributed by atoms with van der Waals surface area (Å²) in [6.45, 7) is 2.20. The van der Waals surface area contributed by atoms with E-state index in [1.165, 1.54) is 4.88 Å². The molecule has 76 valence electrons. The van der Waals surface area contributed by atoms with Gasteiger partial charge in [0.15, 0.2) is 0 Å². The molecule has 1 aromatic heterocycles. The van der Waals surface area contributed by atoms with Gasteiger partial charge in [-0.15, -0.1) is 11.3 Å². The summed E-state index contributed by atoms with van der Waals surface area (Å²) >= 11 is 1.72. The molecule has 0 saturated carbocycles. The first-order valence-corrected chi connectivity index (χ1v) is 6.00. The second-order valence-corrected chi connectivity index (χ2v) is 5.27. The Labute approximate surface area is 89.1 Å². The largest absolute Gasteiger partial charge is 0.385 e. The van der Waals surface area contributed by atoms with Crippen molar-refractivity contribution in [2.24, 2.45) is 5.92 Å². The van der Waals surface area contributed by atoms with Gasteiger partial charge in [-0.25, -0.2) is 0 Å². The fourth-order valence-electron chi connectivity index (χ4n) is 1.86. The zero-order chi connectivity index (χ0) is 10.0. The van der Waals surface area contributed by atoms with Crippen molar-refractivity contribution in [2.45, 2.75) is 31.8 Å². The second-order valence-electron chi connectivity index (χ2n) is 4.23. The maximum Gasteiger partial charge on any atom is 0.0876 e. The molecule has 2 heteroatoms. The van der Waals surface area contributed by atoms with E-state index in [0.29, 0.717) is 5.92 Å². The van der Waals surface area contributed by atoms with Crippen molar-refractivity contribution in [3.05, 3.63) is 34.5 Å². The zero-order valence-electron chi connectivity index (χ0n) is 8.44. The summed E-state index contributed by atoms with van der Waals surface area (Å²) in [5, 5.41) is 12.3. The first-order chi connectivity index (χ1) is 6.68. The summed E-state index contributed by atoms with van der Waals surface area (Å²) < 4.78 is 0. The SMILES string of the molecule is CC1C=CC(O)(Cc2cccs2)CC1. The van der Waals surface area contributed by atoms with Gasteiger partial charge < -0.3 is 5.11 Å². The molecule has 2 unspecified atom stereocenters. The number of rotatable bonds is 2. The maximum absolute atomic E-state index is 10.3. The van der Waals surface area contributed by atoms with Gasteiger partial charge >= 0.3 is 0 Å². The average molecular weight is 208 g/mol. The van der Waals surface area contributed by atoms with E-state index < -0.39 is 5.60 Å². The van der Waals surface area contributed by atoms with Crippen LogP contribution in [0.4, 0.5) is 0 Å². The summed E-state index contributed by atoms with van der Waals surface area (Å²) in [6, 6.07) is 4.13. The highest BCUT2D eigenvalue weighted by atomic mass is 32.1. The predicted octanol–water partition coefficient (Wildman–Crippen LogP) is 3.01. The molecule has 0 aliphatic heterocycles. The summed E-state index contributed by atoms with van der Waals surface area (Å²) in [4.78, 5) is 1.27. The van der Waals surface area contributed by atoms with E-state index >= 15 is 0 Å². The van der Waals surface area contributed by atoms with Crippen LogP contribution in [0.15, 0.2) is 29.7 Å². The molecule has 1 heterocycles. The summed E-state index contributed by atoms with van der Waals surface area (Å²) in [5.74, 6) is 0.624. The smallest absolute Gasteiger partial charge is 0.0876 e. The molecular weight excluding hydrogens is 192 g/mol. The number of aliphatic hydroxyl groups is 1. The lowest BCUT2D eigenvalue weighted by atomic mass is 9.83. The van der Waals surface area contributed by atoms with Crippen LogP contribution in [0.5, 0.6) is 0 Å². The molecule has 0 saturated heterocycles. The molecule has 0 radical (unpaired) electrons. The zero-order valence-corrected chi connectivity index (χ0v) is 9.26. The second kappa shape index (κ2) is 3.87. The predicted molar refractivity (Wildman–Crippen MR) is 60.5 cm³/mol. The van der Waals surface area contributed by atoms with Crippen molar-refractivity contribution < 1.29 is 5.11 Å². The highest BCUT2D eigenvalue weighted by Gasteiger charge is 2.27. The number of hydrogen-bond donors (Lipinski definition) is 1. The lowest BCUT2D eigenvalue weighted by Gasteiger charge is -2.29. The van der Waals surface area contributed by atoms with E-state index in [4.69, 9.17) is 0 Å². The molecule has 0 amide bonds. The van der Waals surface area contributed by atoms with Crippen molar-refractivity contribution in [3.8, 4) is 0 Å². The van der Waals surface area contributed by atoms with Crippen LogP contribution in [0.2, 0.25) is 0 Å². The Morgan fingerprint density at radius 2 is 2.50 bits per heavy atom. The van der Waals surface area contributed by atoms with Crippen molar-refractivity contribution >= 4 is 11.3 Å². The van der Waals surface area contributed by atoms with Crippen LogP contribution in [0.25, 0.3) is 0 Å². The summed E-state index contributed by atoms with van der Waals surface area (Å²) in [5.41, 5.74) is -0.586. The van der Waals surface area contributed by atoms with E-state index in [9.17, 15) is 5.11 Å². The Kier molecular flexibility index (Phi) is 2.75. The molecule has 0 spiro atoms. The van der Waals surface area contributed by atoms with Crippen LogP contribution in [0.3, 0.4) is 0 Å². The minimum absolute atomic E-state index is 0.586. The molecule has 1 aliphatic rings. The van der Waals surface area contributed by atoms with E-state index in [0.717, 1.165) is 19.3 Å². The molecule has 2 atom stereocenters. The van der Waals surface area contributed by atoms with Crippen LogP contribution in [-0.4, -0.2) is 10.7 Å². The first kappa shape index (κ1) is 9.94. The summed E-state index contributed by atoms with van der Waals surface area (Å²) in [7, 11) is 0. The number of allylic oxidation sites excluding steroid dienone is 1. The van der Waals surface area contributed by atoms with Crippen molar-refractivity contribution in [2.75, 3.05) is 0 Å². The fraction of sp³-hybridized carbons (Fsp3) is 0.500. The minimum atomic E-state index is -0.586. The molecule has 0 bridgehead atoms. The number of hydrogen-bond acceptors (Lipinski definition) is 2. The molecule has 1 N–H and O–H groups in total. The Bertz CT molecular complexity index is 315. The van der Waals surface area contributed by atoms with Gasteiger partial charge in [0.25, 0.3) is 0 Å². The minimum Gasteiger partial charge on any atom is -0.385 e. The molecule has 0 fully saturated rings. The third kappa shape index (κ3) is 2.25. The lowest BCUT2D eigenvalue weighted by Crippen LogP contribution is -2.31. The van der Waals surface area contributed by atoms with E-state index in [2.05, 4.69) is 24.4 Å². The average Bonchev–Trinajstić information content (AvgIpc) is 2.63. The highest BCUT2D eigenvalue weighted by molar-refractivity contribution is 7.09. The Balaban J connectivity index is 2.07. The van der Waals surface area contributed by atoms with Crippen LogP contribution >= 0.6 is 11.3 Å². The van der Waals surface area contributed by atoms with Gasteiger partial charge in [-0.05, 0) is 30.2 Å². The van der Waals surface area contributed by atoms with Crippen LogP contribution in [-0.2, 0) is 6.42 Å². The van der Waals surface area contributed by atoms with Crippen LogP contribution in [0.1, 0.15) is 24.6 Å². The monoisotopic (exact) mass is 208 g/mol. The van der Waals surface area contributed by atoms with Crippen molar-refractivity contribution in [1.29, 1.82) is 0 Å². The van der Waals surface area contributed by atoms with E-state index in [-0.39, 0.29) is 0 Å². The van der Waals surface area contributed by atoms with Crippen molar-refractivity contribution in [1.82, 2.24) is 0 Å². The van der Waals surface area contributed by atoms with Gasteiger partial charge in [0.05, 0.1) is 5.60 Å². The van der Waals surface area contributed by atoms with Gasteiger partial charge in [-0.1, -0.05) is 25.1 Å². The van der Waals surface area contributed by atoms with Gasteiger partial charge in [-0.2, -0.15) is 0 Å². The van der Waals surface area contributed by atoms with Crippen LogP contribution < -0.4 is 0 Å². The normalized spacial score (nSPS) is 32.0. The molecule has 1 nitrogen and oxygen atoms in total. The number of thiophene rings is 1. The molecule has 2 rings (SSSR count). The maximum atomic E-state index is 10.3. The van der Waals surface area contributed by atoms with Gasteiger partial charge in [0.2, 0.25) is 0 Å². The first-order valence-electron chi connectivity index (χ1n) is 5.12. The Morgan fingerprint density at radius 1 is 1.64 bits per heavy atom. The topological polar surface area (TPSA) is 20.2 Å². The molecule has 0 aromatic carbocycles. The molecular formula is C12H16OS. The Morgan fingerprint density at radius 3 is 3.07 bits per heavy atom. The standard InChI is InChI=1S/C12H16OS/c1-10-4-6-12(13,7-5-10)9-11-3-2-8-14-11/h2-4,6,8,10,13H,5,7,9H2,1H3. The molecule has 1 aromatic rings. The van der Waals surface area contributed by atoms with E-state index in [1.54, 1.807) is 11.3 Å². The van der Waals surface area contributed by atoms with E-state index in [1.807, 2.05) is 12.1 Å². The van der Waals surface area contributed by atoms with Gasteiger partial charge in [0.1, 0.15) is 0 Å². The highest BCUT2D eigenvalue weighted by Crippen LogP contribution is 2.29. The van der Waals surface area contributed by atoms with Crippen LogP contribution in [0, 0.1) is 5.92 Å². The third-order valence-electron chi connectivity index (χ3n) is 2.83. The quantitative estimate of drug-likeness (QED) is 0.741. The Hall–Kier alpha value is -0.600. The van der Waals surface area contributed by atoms with Crippen molar-refractivity contribution in [3.63, 3.8) is 0 Å². The fourth-order valence-corrected chi connectivity index (χ4v) is 2.69. The van der Waals surface area contributed by atoms with Gasteiger partial charge in [-0.3, -0.25) is 0 Å². The summed E-state index contributed by atoms with van der Waals surface area (Å²) in [6.07, 6.45) is 6.88. The third-order valence-corrected chi connectivity index (χ3v) is 3.70.